The summed E-state index contributed by atoms with van der Waals surface area (Å²) in [5, 5.41) is 14.1. The van der Waals surface area contributed by atoms with Crippen molar-refractivity contribution in [3.63, 3.8) is 0 Å². The fraction of sp³-hybridized carbons (Fsp3) is 0.130. The quantitative estimate of drug-likeness (QED) is 0.546. The van der Waals surface area contributed by atoms with E-state index in [-0.39, 0.29) is 17.6 Å². The predicted octanol–water partition coefficient (Wildman–Crippen LogP) is 5.53. The number of nitrogens with one attached hydrogen (secondary N) is 1. The van der Waals surface area contributed by atoms with Crippen molar-refractivity contribution in [2.45, 2.75) is 12.1 Å². The third kappa shape index (κ3) is 3.99. The van der Waals surface area contributed by atoms with Crippen LogP contribution < -0.4 is 10.1 Å². The van der Waals surface area contributed by atoms with Crippen molar-refractivity contribution in [3.05, 3.63) is 99.0 Å². The fourth-order valence-corrected chi connectivity index (χ4v) is 3.77. The second kappa shape index (κ2) is 8.38. The third-order valence-corrected chi connectivity index (χ3v) is 5.52. The first-order valence-electron chi connectivity index (χ1n) is 9.23. The molecule has 1 unspecified atom stereocenters. The number of nitrogens with zero attached hydrogens (tertiary/aromatic N) is 1. The number of hydrogen-bond acceptors (Lipinski definition) is 4. The van der Waals surface area contributed by atoms with Gasteiger partial charge in [0.15, 0.2) is 0 Å². The minimum atomic E-state index is -1.01. The van der Waals surface area contributed by atoms with E-state index in [1.54, 1.807) is 19.2 Å². The summed E-state index contributed by atoms with van der Waals surface area (Å²) in [5.41, 5.74) is 2.74. The molecule has 2 N–H and O–H groups in total. The van der Waals surface area contributed by atoms with E-state index in [9.17, 15) is 9.90 Å². The topological polar surface area (TPSA) is 70.9 Å². The van der Waals surface area contributed by atoms with Crippen molar-refractivity contribution in [3.8, 4) is 5.75 Å². The van der Waals surface area contributed by atoms with Crippen LogP contribution in [0.15, 0.2) is 71.7 Å². The van der Waals surface area contributed by atoms with Crippen LogP contribution in [0.4, 0.5) is 0 Å². The highest BCUT2D eigenvalue weighted by atomic mass is 35.5. The van der Waals surface area contributed by atoms with Gasteiger partial charge in [0.05, 0.1) is 24.3 Å². The number of benzene rings is 3. The molecular formula is C23H18Cl2N2O3. The average Bonchev–Trinajstić information content (AvgIpc) is 3.19. The summed E-state index contributed by atoms with van der Waals surface area (Å²) >= 11 is 12.1. The van der Waals surface area contributed by atoms with Gasteiger partial charge < -0.3 is 15.2 Å². The van der Waals surface area contributed by atoms with Gasteiger partial charge in [-0.25, -0.2) is 4.79 Å². The number of carboxylic acids is 1. The second-order valence-electron chi connectivity index (χ2n) is 6.87. The highest BCUT2D eigenvalue weighted by Crippen LogP contribution is 2.39. The molecule has 1 aliphatic heterocycles. The Morgan fingerprint density at radius 1 is 0.967 bits per heavy atom. The lowest BCUT2D eigenvalue weighted by molar-refractivity contribution is 0.0697. The van der Waals surface area contributed by atoms with Gasteiger partial charge in [-0.3, -0.25) is 4.99 Å². The van der Waals surface area contributed by atoms with Gasteiger partial charge in [-0.05, 0) is 53.6 Å². The normalized spacial score (nSPS) is 17.9. The van der Waals surface area contributed by atoms with E-state index in [1.807, 2.05) is 48.5 Å². The van der Waals surface area contributed by atoms with Gasteiger partial charge in [0.25, 0.3) is 0 Å². The Kier molecular flexibility index (Phi) is 5.66. The maximum atomic E-state index is 11.5. The van der Waals surface area contributed by atoms with Gasteiger partial charge in [-0.15, -0.1) is 0 Å². The van der Waals surface area contributed by atoms with Crippen molar-refractivity contribution in [2.24, 2.45) is 4.99 Å². The smallest absolute Gasteiger partial charge is 0.335 e. The van der Waals surface area contributed by atoms with Crippen molar-refractivity contribution in [1.82, 2.24) is 5.32 Å². The van der Waals surface area contributed by atoms with Gasteiger partial charge in [0, 0.05) is 10.0 Å². The van der Waals surface area contributed by atoms with Crippen LogP contribution in [0, 0.1) is 0 Å². The molecule has 0 saturated carbocycles. The summed E-state index contributed by atoms with van der Waals surface area (Å²) in [4.78, 5) is 16.4. The van der Waals surface area contributed by atoms with Crippen molar-refractivity contribution in [1.29, 1.82) is 0 Å². The molecule has 3 aromatic carbocycles. The van der Waals surface area contributed by atoms with Crippen molar-refractivity contribution in [2.75, 3.05) is 7.11 Å². The molecule has 4 rings (SSSR count). The first kappa shape index (κ1) is 20.3. The van der Waals surface area contributed by atoms with E-state index in [4.69, 9.17) is 32.9 Å². The predicted molar refractivity (Wildman–Crippen MR) is 118 cm³/mol. The highest BCUT2D eigenvalue weighted by Gasteiger charge is 2.33. The van der Waals surface area contributed by atoms with Gasteiger partial charge in [-0.2, -0.15) is 0 Å². The average molecular weight is 441 g/mol. The molecule has 0 aliphatic carbocycles. The van der Waals surface area contributed by atoms with Crippen LogP contribution in [0.1, 0.15) is 39.1 Å². The van der Waals surface area contributed by atoms with Crippen LogP contribution in [0.2, 0.25) is 10.0 Å². The second-order valence-corrected chi connectivity index (χ2v) is 7.74. The first-order valence-corrected chi connectivity index (χ1v) is 9.99. The number of rotatable bonds is 5. The first-order chi connectivity index (χ1) is 14.5. The zero-order valence-corrected chi connectivity index (χ0v) is 17.5. The number of methoxy groups -OCH3 is 1. The molecule has 1 heterocycles. The molecular weight excluding hydrogens is 423 g/mol. The van der Waals surface area contributed by atoms with Gasteiger partial charge in [0.2, 0.25) is 0 Å². The molecule has 0 radical (unpaired) electrons. The van der Waals surface area contributed by atoms with E-state index in [1.165, 1.54) is 6.07 Å². The molecule has 0 spiro atoms. The summed E-state index contributed by atoms with van der Waals surface area (Å²) in [6.45, 7) is 0. The Morgan fingerprint density at radius 2 is 1.57 bits per heavy atom. The molecule has 0 bridgehead atoms. The van der Waals surface area contributed by atoms with E-state index in [2.05, 4.69) is 5.32 Å². The Balaban J connectivity index is 1.80. The Labute approximate surface area is 183 Å². The minimum Gasteiger partial charge on any atom is -0.496 e. The molecule has 152 valence electrons. The lowest BCUT2D eigenvalue weighted by atomic mass is 9.95. The van der Waals surface area contributed by atoms with Gasteiger partial charge in [-0.1, -0.05) is 47.5 Å². The summed E-state index contributed by atoms with van der Waals surface area (Å²) in [7, 11) is 1.54. The van der Waals surface area contributed by atoms with Crippen molar-refractivity contribution >= 4 is 35.0 Å². The van der Waals surface area contributed by atoms with Gasteiger partial charge >= 0.3 is 5.97 Å². The molecule has 0 saturated heterocycles. The Hall–Kier alpha value is -3.02. The highest BCUT2D eigenvalue weighted by molar-refractivity contribution is 6.30. The molecule has 2 atom stereocenters. The number of carboxylic acid groups (broad SMARTS) is 1. The number of hydrogen-bond donors (Lipinski definition) is 2. The molecule has 0 amide bonds. The molecule has 30 heavy (non-hydrogen) atoms. The Morgan fingerprint density at radius 3 is 2.13 bits per heavy atom. The van der Waals surface area contributed by atoms with E-state index in [0.29, 0.717) is 27.2 Å². The molecule has 0 fully saturated rings. The van der Waals surface area contributed by atoms with Crippen LogP contribution in [0.25, 0.3) is 0 Å². The molecule has 1 aliphatic rings. The van der Waals surface area contributed by atoms with Crippen LogP contribution in [-0.4, -0.2) is 24.0 Å². The largest absolute Gasteiger partial charge is 0.496 e. The van der Waals surface area contributed by atoms with Crippen molar-refractivity contribution < 1.29 is 14.6 Å². The zero-order valence-electron chi connectivity index (χ0n) is 16.0. The van der Waals surface area contributed by atoms with Gasteiger partial charge in [0.1, 0.15) is 17.6 Å². The summed E-state index contributed by atoms with van der Waals surface area (Å²) < 4.78 is 5.46. The Bertz CT molecular complexity index is 1110. The van der Waals surface area contributed by atoms with Crippen LogP contribution in [-0.2, 0) is 0 Å². The number of halogens is 2. The van der Waals surface area contributed by atoms with Crippen LogP contribution in [0.5, 0.6) is 5.75 Å². The van der Waals surface area contributed by atoms with Crippen LogP contribution in [0.3, 0.4) is 0 Å². The molecule has 3 aromatic rings. The number of amidine groups is 1. The molecule has 0 aromatic heterocycles. The van der Waals surface area contributed by atoms with E-state index >= 15 is 0 Å². The lowest BCUT2D eigenvalue weighted by Gasteiger charge is -2.20. The summed E-state index contributed by atoms with van der Waals surface area (Å²) in [6, 6.07) is 19.4. The van der Waals surface area contributed by atoms with E-state index < -0.39 is 5.97 Å². The number of carbonyl (C=O) groups is 1. The van der Waals surface area contributed by atoms with E-state index in [0.717, 1.165) is 11.1 Å². The fourth-order valence-electron chi connectivity index (χ4n) is 3.51. The summed E-state index contributed by atoms with van der Waals surface area (Å²) in [6.07, 6.45) is 0. The summed E-state index contributed by atoms with van der Waals surface area (Å²) in [5.74, 6) is 0.0914. The van der Waals surface area contributed by atoms with Crippen LogP contribution >= 0.6 is 23.2 Å². The standard InChI is InChI=1S/C23H18Cl2N2O3/c1-30-19-11-6-15(23(28)29)12-18(19)22-26-20(13-2-7-16(24)8-3-13)21(27-22)14-4-9-17(25)10-5-14/h2-12,20-21H,1H3,(H,26,27)(H,28,29)/t20-,21?/m1/s1. The minimum absolute atomic E-state index is 0.160. The zero-order chi connectivity index (χ0) is 21.3. The number of aromatic carboxylic acids is 1. The number of ether oxygens (including phenoxy) is 1. The lowest BCUT2D eigenvalue weighted by Crippen LogP contribution is -2.25. The molecule has 5 nitrogen and oxygen atoms in total. The monoisotopic (exact) mass is 440 g/mol. The third-order valence-electron chi connectivity index (χ3n) is 5.02. The molecule has 7 heteroatoms. The number of aliphatic imine (C=N–C) groups is 1. The maximum absolute atomic E-state index is 11.5. The maximum Gasteiger partial charge on any atom is 0.335 e. The SMILES string of the molecule is COc1ccc(C(=O)O)cc1C1=N[C@H](c2ccc(Cl)cc2)C(c2ccc(Cl)cc2)N1.